The molecule has 4 aromatic heterocycles. The standard InChI is InChI=1S/C28H23F2N9O2S.C7H12FN/c1-37-25-16(13-34-37)4-3-5-18(25)23-22(30)24-19(14-33-23)26(36-28(35-24)41-2)38-9-10-39(17(15-38)6-7-31)27(40)20(29)12-21-32-8-11-42-21;8-6-4-7-2-1-3-9(7)5-6/h3-5,8,11-14,17H,6,9-10,15H2,1-2H3;6-7H,1-5H2/b20-12-;. The Kier molecular flexibility index (Phi) is 9.83. The van der Waals surface area contributed by atoms with E-state index in [1.807, 2.05) is 17.0 Å². The average molecular weight is 717 g/mol. The summed E-state index contributed by atoms with van der Waals surface area (Å²) >= 11 is 1.21. The first kappa shape index (κ1) is 34.3. The fourth-order valence-electron chi connectivity index (χ4n) is 7.20. The highest BCUT2D eigenvalue weighted by atomic mass is 32.1. The minimum Gasteiger partial charge on any atom is -0.467 e. The van der Waals surface area contributed by atoms with Crippen LogP contribution in [-0.2, 0) is 11.8 Å². The van der Waals surface area contributed by atoms with Crippen molar-refractivity contribution in [3.05, 3.63) is 58.8 Å². The molecule has 3 fully saturated rings. The highest BCUT2D eigenvalue weighted by Gasteiger charge is 2.35. The molecule has 1 aromatic carbocycles. The minimum atomic E-state index is -0.960. The van der Waals surface area contributed by atoms with Crippen molar-refractivity contribution in [2.45, 2.75) is 43.9 Å². The van der Waals surface area contributed by atoms with Crippen LogP contribution in [0, 0.1) is 17.1 Å². The third kappa shape index (κ3) is 6.83. The van der Waals surface area contributed by atoms with Crippen LogP contribution in [0.4, 0.5) is 19.0 Å². The molecule has 1 amide bonds. The summed E-state index contributed by atoms with van der Waals surface area (Å²) in [5, 5.41) is 17.0. The summed E-state index contributed by atoms with van der Waals surface area (Å²) in [5.41, 5.74) is 1.39. The maximum absolute atomic E-state index is 16.2. The summed E-state index contributed by atoms with van der Waals surface area (Å²) in [7, 11) is 3.16. The molecule has 3 atom stereocenters. The van der Waals surface area contributed by atoms with Gasteiger partial charge in [0.15, 0.2) is 11.6 Å². The number of methoxy groups -OCH3 is 1. The number of para-hydroxylation sites is 1. The third-order valence-corrected chi connectivity index (χ3v) is 10.3. The molecule has 5 aromatic rings. The van der Waals surface area contributed by atoms with Crippen molar-refractivity contribution in [2.24, 2.45) is 7.05 Å². The molecule has 7 heterocycles. The van der Waals surface area contributed by atoms with E-state index in [1.54, 1.807) is 29.4 Å². The van der Waals surface area contributed by atoms with Gasteiger partial charge in [-0.2, -0.15) is 20.3 Å². The molecule has 264 valence electrons. The number of fused-ring (bicyclic) bond motifs is 3. The van der Waals surface area contributed by atoms with Crippen LogP contribution in [0.3, 0.4) is 0 Å². The lowest BCUT2D eigenvalue weighted by atomic mass is 10.1. The predicted molar refractivity (Wildman–Crippen MR) is 187 cm³/mol. The molecule has 12 nitrogen and oxygen atoms in total. The van der Waals surface area contributed by atoms with Gasteiger partial charge in [0.05, 0.1) is 42.7 Å². The summed E-state index contributed by atoms with van der Waals surface area (Å²) < 4.78 is 50.6. The number of anilines is 1. The Morgan fingerprint density at radius 3 is 2.80 bits per heavy atom. The van der Waals surface area contributed by atoms with Crippen LogP contribution < -0.4 is 9.64 Å². The van der Waals surface area contributed by atoms with E-state index in [-0.39, 0.29) is 43.3 Å². The molecule has 0 saturated carbocycles. The first-order valence-electron chi connectivity index (χ1n) is 16.6. The Bertz CT molecular complexity index is 2120. The van der Waals surface area contributed by atoms with E-state index in [4.69, 9.17) is 4.74 Å². The van der Waals surface area contributed by atoms with E-state index in [9.17, 15) is 18.8 Å². The number of alkyl halides is 1. The Hall–Kier alpha value is -5.14. The number of hydrogen-bond donors (Lipinski definition) is 0. The van der Waals surface area contributed by atoms with E-state index in [0.29, 0.717) is 34.4 Å². The summed E-state index contributed by atoms with van der Waals surface area (Å²) in [5.74, 6) is -2.10. The molecule has 51 heavy (non-hydrogen) atoms. The van der Waals surface area contributed by atoms with Gasteiger partial charge in [-0.05, 0) is 25.8 Å². The summed E-state index contributed by atoms with van der Waals surface area (Å²) in [6.07, 6.45) is 8.58. The molecule has 0 radical (unpaired) electrons. The molecule has 3 saturated heterocycles. The topological polar surface area (TPSA) is 129 Å². The second-order valence-corrected chi connectivity index (χ2v) is 13.6. The molecule has 8 rings (SSSR count). The second-order valence-electron chi connectivity index (χ2n) is 12.7. The fourth-order valence-corrected chi connectivity index (χ4v) is 7.76. The van der Waals surface area contributed by atoms with Crippen molar-refractivity contribution < 1.29 is 22.7 Å². The highest BCUT2D eigenvalue weighted by Crippen LogP contribution is 2.35. The minimum absolute atomic E-state index is 0.00814. The Labute approximate surface area is 295 Å². The Balaban J connectivity index is 0.000000389. The summed E-state index contributed by atoms with van der Waals surface area (Å²) in [6, 6.07) is 7.45. The van der Waals surface area contributed by atoms with Crippen molar-refractivity contribution in [1.29, 1.82) is 5.26 Å². The molecule has 0 bridgehead atoms. The van der Waals surface area contributed by atoms with Crippen LogP contribution in [0.2, 0.25) is 0 Å². The number of piperazine rings is 1. The highest BCUT2D eigenvalue weighted by molar-refractivity contribution is 7.10. The average Bonchev–Trinajstić information content (AvgIpc) is 3.95. The zero-order valence-electron chi connectivity index (χ0n) is 28.0. The molecule has 3 unspecified atom stereocenters. The van der Waals surface area contributed by atoms with Crippen LogP contribution >= 0.6 is 11.3 Å². The van der Waals surface area contributed by atoms with Gasteiger partial charge in [-0.1, -0.05) is 18.2 Å². The number of pyridine rings is 1. The third-order valence-electron chi connectivity index (χ3n) is 9.58. The van der Waals surface area contributed by atoms with Gasteiger partial charge in [0.25, 0.3) is 5.91 Å². The lowest BCUT2D eigenvalue weighted by Gasteiger charge is -2.41. The summed E-state index contributed by atoms with van der Waals surface area (Å²) in [6.45, 7) is 2.35. The molecule has 3 aliphatic rings. The SMILES string of the molecule is COc1nc(N2CCN(C(=O)/C(F)=C/c3nccs3)C(CC#N)C2)c2cnc(-c3cccc4cnn(C)c34)c(F)c2n1.FC1CC2CCCN2C1. The Morgan fingerprint density at radius 2 is 2.04 bits per heavy atom. The second kappa shape index (κ2) is 14.6. The quantitative estimate of drug-likeness (QED) is 0.213. The largest absolute Gasteiger partial charge is 0.467 e. The van der Waals surface area contributed by atoms with Crippen molar-refractivity contribution in [2.75, 3.05) is 44.7 Å². The number of amides is 1. The van der Waals surface area contributed by atoms with Gasteiger partial charge in [-0.15, -0.1) is 11.3 Å². The normalized spacial score (nSPS) is 20.7. The van der Waals surface area contributed by atoms with E-state index in [2.05, 4.69) is 36.0 Å². The van der Waals surface area contributed by atoms with Crippen LogP contribution in [-0.4, -0.2) is 104 Å². The number of aromatic nitrogens is 6. The molecule has 16 heteroatoms. The van der Waals surface area contributed by atoms with Crippen molar-refractivity contribution in [3.63, 3.8) is 0 Å². The number of carbonyl (C=O) groups is 1. The number of nitrogens with zero attached hydrogens (tertiary/aromatic N) is 10. The molecular weight excluding hydrogens is 682 g/mol. The number of nitriles is 1. The van der Waals surface area contributed by atoms with Gasteiger partial charge in [0.2, 0.25) is 0 Å². The van der Waals surface area contributed by atoms with Crippen molar-refractivity contribution in [3.8, 4) is 23.3 Å². The van der Waals surface area contributed by atoms with Crippen LogP contribution in [0.1, 0.15) is 30.7 Å². The van der Waals surface area contributed by atoms with Gasteiger partial charge < -0.3 is 14.5 Å². The Morgan fingerprint density at radius 1 is 1.18 bits per heavy atom. The van der Waals surface area contributed by atoms with E-state index in [0.717, 1.165) is 29.9 Å². The van der Waals surface area contributed by atoms with Crippen molar-refractivity contribution >= 4 is 50.9 Å². The number of carbonyl (C=O) groups excluding carboxylic acids is 1. The first-order chi connectivity index (χ1) is 24.7. The zero-order chi connectivity index (χ0) is 35.6. The predicted octanol–water partition coefficient (Wildman–Crippen LogP) is 5.32. The van der Waals surface area contributed by atoms with E-state index >= 15 is 4.39 Å². The van der Waals surface area contributed by atoms with Crippen LogP contribution in [0.5, 0.6) is 6.01 Å². The molecule has 0 aliphatic carbocycles. The monoisotopic (exact) mass is 716 g/mol. The number of hydrogen-bond acceptors (Lipinski definition) is 11. The van der Waals surface area contributed by atoms with Gasteiger partial charge >= 0.3 is 6.01 Å². The molecule has 3 aliphatic heterocycles. The molecule has 0 spiro atoms. The van der Waals surface area contributed by atoms with Crippen molar-refractivity contribution in [1.82, 2.24) is 39.5 Å². The number of benzene rings is 1. The smallest absolute Gasteiger partial charge is 0.318 e. The van der Waals surface area contributed by atoms with Gasteiger partial charge in [-0.25, -0.2) is 18.2 Å². The maximum Gasteiger partial charge on any atom is 0.318 e. The maximum atomic E-state index is 16.2. The van der Waals surface area contributed by atoms with Gasteiger partial charge in [0.1, 0.15) is 28.2 Å². The van der Waals surface area contributed by atoms with E-state index < -0.39 is 29.8 Å². The lowest BCUT2D eigenvalue weighted by Crippen LogP contribution is -2.55. The fraction of sp³-hybridized carbons (Fsp3) is 0.400. The number of thiazole rings is 1. The zero-order valence-corrected chi connectivity index (χ0v) is 28.9. The lowest BCUT2D eigenvalue weighted by molar-refractivity contribution is -0.131. The number of ether oxygens (including phenoxy) is 1. The first-order valence-corrected chi connectivity index (χ1v) is 17.5. The van der Waals surface area contributed by atoms with Crippen LogP contribution in [0.15, 0.2) is 48.0 Å². The van der Waals surface area contributed by atoms with Gasteiger partial charge in [0, 0.05) is 74.1 Å². The summed E-state index contributed by atoms with van der Waals surface area (Å²) in [4.78, 5) is 35.7. The number of aryl methyl sites for hydroxylation is 1. The molecule has 0 N–H and O–H groups in total. The molecular formula is C35H35F3N10O2S. The number of halogens is 3. The van der Waals surface area contributed by atoms with Gasteiger partial charge in [-0.3, -0.25) is 19.4 Å². The van der Waals surface area contributed by atoms with E-state index in [1.165, 1.54) is 48.6 Å². The number of rotatable bonds is 6. The van der Waals surface area contributed by atoms with Crippen LogP contribution in [0.25, 0.3) is 39.1 Å².